The zero-order valence-electron chi connectivity index (χ0n) is 9.90. The predicted octanol–water partition coefficient (Wildman–Crippen LogP) is 0.849. The van der Waals surface area contributed by atoms with Crippen molar-refractivity contribution in [3.05, 3.63) is 29.8 Å². The maximum Gasteiger partial charge on any atom is 0.305 e. The first-order valence-electron chi connectivity index (χ1n) is 5.36. The van der Waals surface area contributed by atoms with E-state index in [1.54, 1.807) is 18.2 Å². The van der Waals surface area contributed by atoms with Gasteiger partial charge in [-0.1, -0.05) is 6.07 Å². The van der Waals surface area contributed by atoms with Gasteiger partial charge in [0.1, 0.15) is 0 Å². The van der Waals surface area contributed by atoms with Gasteiger partial charge < -0.3 is 15.7 Å². The number of rotatable bonds is 5. The lowest BCUT2D eigenvalue weighted by atomic mass is 10.2. The molecule has 2 amide bonds. The molecular weight excluding hydrogens is 236 g/mol. The third-order valence-corrected chi connectivity index (χ3v) is 2.07. The second kappa shape index (κ2) is 6.39. The van der Waals surface area contributed by atoms with Gasteiger partial charge in [0, 0.05) is 24.7 Å². The van der Waals surface area contributed by atoms with Crippen LogP contribution >= 0.6 is 0 Å². The molecule has 1 aromatic rings. The van der Waals surface area contributed by atoms with Crippen LogP contribution in [0.2, 0.25) is 0 Å². The van der Waals surface area contributed by atoms with E-state index in [-0.39, 0.29) is 24.8 Å². The average molecular weight is 250 g/mol. The van der Waals surface area contributed by atoms with Gasteiger partial charge in [0.15, 0.2) is 0 Å². The van der Waals surface area contributed by atoms with E-state index in [2.05, 4.69) is 10.6 Å². The number of carbonyl (C=O) groups excluding carboxylic acids is 2. The monoisotopic (exact) mass is 250 g/mol. The summed E-state index contributed by atoms with van der Waals surface area (Å²) in [6.07, 6.45) is -0.128. The van der Waals surface area contributed by atoms with Gasteiger partial charge in [-0.2, -0.15) is 0 Å². The number of hydrogen-bond donors (Lipinski definition) is 3. The molecule has 0 aliphatic carbocycles. The van der Waals surface area contributed by atoms with Crippen molar-refractivity contribution in [1.29, 1.82) is 0 Å². The molecule has 0 saturated heterocycles. The molecule has 0 aromatic heterocycles. The zero-order chi connectivity index (χ0) is 13.5. The molecule has 96 valence electrons. The molecular formula is C12H14N2O4. The molecule has 1 aromatic carbocycles. The SMILES string of the molecule is CC(=O)Nc1cccc(C(=O)NCCC(=O)O)c1. The van der Waals surface area contributed by atoms with Crippen molar-refractivity contribution in [3.63, 3.8) is 0 Å². The Hall–Kier alpha value is -2.37. The second-order valence-corrected chi connectivity index (χ2v) is 3.66. The summed E-state index contributed by atoms with van der Waals surface area (Å²) in [5.41, 5.74) is 0.889. The molecule has 0 saturated carbocycles. The van der Waals surface area contributed by atoms with E-state index in [9.17, 15) is 14.4 Å². The largest absolute Gasteiger partial charge is 0.481 e. The van der Waals surface area contributed by atoms with Gasteiger partial charge in [0.2, 0.25) is 5.91 Å². The normalized spacial score (nSPS) is 9.61. The summed E-state index contributed by atoms with van der Waals surface area (Å²) >= 11 is 0. The minimum atomic E-state index is -0.970. The van der Waals surface area contributed by atoms with Crippen LogP contribution in [0.3, 0.4) is 0 Å². The van der Waals surface area contributed by atoms with Crippen molar-refractivity contribution >= 4 is 23.5 Å². The summed E-state index contributed by atoms with van der Waals surface area (Å²) < 4.78 is 0. The topological polar surface area (TPSA) is 95.5 Å². The van der Waals surface area contributed by atoms with Crippen molar-refractivity contribution < 1.29 is 19.5 Å². The standard InChI is InChI=1S/C12H14N2O4/c1-8(15)14-10-4-2-3-9(7-10)12(18)13-6-5-11(16)17/h2-4,7H,5-6H2,1H3,(H,13,18)(H,14,15)(H,16,17). The maximum atomic E-state index is 11.6. The molecule has 0 aliphatic heterocycles. The molecule has 6 nitrogen and oxygen atoms in total. The second-order valence-electron chi connectivity index (χ2n) is 3.66. The van der Waals surface area contributed by atoms with E-state index < -0.39 is 5.97 Å². The Balaban J connectivity index is 2.62. The summed E-state index contributed by atoms with van der Waals surface area (Å²) in [4.78, 5) is 32.8. The fraction of sp³-hybridized carbons (Fsp3) is 0.250. The van der Waals surface area contributed by atoms with Gasteiger partial charge in [0.05, 0.1) is 6.42 Å². The minimum Gasteiger partial charge on any atom is -0.481 e. The summed E-state index contributed by atoms with van der Waals surface area (Å²) in [6, 6.07) is 6.41. The zero-order valence-corrected chi connectivity index (χ0v) is 9.90. The number of carbonyl (C=O) groups is 3. The van der Waals surface area contributed by atoms with Crippen LogP contribution < -0.4 is 10.6 Å². The third kappa shape index (κ3) is 4.65. The van der Waals surface area contributed by atoms with Crippen LogP contribution in [0.5, 0.6) is 0 Å². The van der Waals surface area contributed by atoms with E-state index in [0.29, 0.717) is 11.3 Å². The Bertz CT molecular complexity index is 471. The van der Waals surface area contributed by atoms with Crippen molar-refractivity contribution in [2.24, 2.45) is 0 Å². The quantitative estimate of drug-likeness (QED) is 0.721. The number of amides is 2. The van der Waals surface area contributed by atoms with Gasteiger partial charge in [-0.3, -0.25) is 14.4 Å². The number of nitrogens with one attached hydrogen (secondary N) is 2. The summed E-state index contributed by atoms with van der Waals surface area (Å²) in [6.45, 7) is 1.44. The van der Waals surface area contributed by atoms with E-state index in [1.807, 2.05) is 0 Å². The lowest BCUT2D eigenvalue weighted by Crippen LogP contribution is -2.26. The van der Waals surface area contributed by atoms with E-state index in [4.69, 9.17) is 5.11 Å². The minimum absolute atomic E-state index is 0.0680. The first-order valence-corrected chi connectivity index (χ1v) is 5.36. The number of hydrogen-bond acceptors (Lipinski definition) is 3. The van der Waals surface area contributed by atoms with Crippen LogP contribution in [-0.2, 0) is 9.59 Å². The number of anilines is 1. The smallest absolute Gasteiger partial charge is 0.305 e. The predicted molar refractivity (Wildman–Crippen MR) is 65.3 cm³/mol. The molecule has 0 spiro atoms. The molecule has 0 unspecified atom stereocenters. The fourth-order valence-electron chi connectivity index (χ4n) is 1.33. The first kappa shape index (κ1) is 13.7. The summed E-state index contributed by atoms with van der Waals surface area (Å²) in [5.74, 6) is -1.57. The Morgan fingerprint density at radius 1 is 1.28 bits per heavy atom. The Morgan fingerprint density at radius 2 is 2.00 bits per heavy atom. The molecule has 0 atom stereocenters. The van der Waals surface area contributed by atoms with Crippen LogP contribution in [0.1, 0.15) is 23.7 Å². The Morgan fingerprint density at radius 3 is 2.61 bits per heavy atom. The van der Waals surface area contributed by atoms with E-state index in [0.717, 1.165) is 0 Å². The fourth-order valence-corrected chi connectivity index (χ4v) is 1.33. The number of benzene rings is 1. The van der Waals surface area contributed by atoms with Crippen LogP contribution in [0.25, 0.3) is 0 Å². The van der Waals surface area contributed by atoms with Crippen molar-refractivity contribution in [1.82, 2.24) is 5.32 Å². The van der Waals surface area contributed by atoms with Crippen molar-refractivity contribution in [3.8, 4) is 0 Å². The lowest BCUT2D eigenvalue weighted by molar-refractivity contribution is -0.136. The molecule has 1 rings (SSSR count). The molecule has 3 N–H and O–H groups in total. The van der Waals surface area contributed by atoms with E-state index >= 15 is 0 Å². The summed E-state index contributed by atoms with van der Waals surface area (Å²) in [5, 5.41) is 13.5. The van der Waals surface area contributed by atoms with Gasteiger partial charge in [-0.15, -0.1) is 0 Å². The van der Waals surface area contributed by atoms with Gasteiger partial charge in [-0.05, 0) is 18.2 Å². The first-order chi connectivity index (χ1) is 8.49. The van der Waals surface area contributed by atoms with Gasteiger partial charge in [0.25, 0.3) is 5.91 Å². The van der Waals surface area contributed by atoms with E-state index in [1.165, 1.54) is 13.0 Å². The lowest BCUT2D eigenvalue weighted by Gasteiger charge is -2.06. The van der Waals surface area contributed by atoms with Crippen molar-refractivity contribution in [2.45, 2.75) is 13.3 Å². The highest BCUT2D eigenvalue weighted by atomic mass is 16.4. The highest BCUT2D eigenvalue weighted by Crippen LogP contribution is 2.10. The van der Waals surface area contributed by atoms with Crippen LogP contribution in [0, 0.1) is 0 Å². The van der Waals surface area contributed by atoms with Crippen LogP contribution in [-0.4, -0.2) is 29.4 Å². The van der Waals surface area contributed by atoms with Gasteiger partial charge >= 0.3 is 5.97 Å². The number of aliphatic carboxylic acids is 1. The average Bonchev–Trinajstić information content (AvgIpc) is 2.27. The van der Waals surface area contributed by atoms with Crippen molar-refractivity contribution in [2.75, 3.05) is 11.9 Å². The number of carboxylic acids is 1. The van der Waals surface area contributed by atoms with Crippen LogP contribution in [0.15, 0.2) is 24.3 Å². The number of carboxylic acid groups (broad SMARTS) is 1. The maximum absolute atomic E-state index is 11.6. The molecule has 0 heterocycles. The molecule has 18 heavy (non-hydrogen) atoms. The van der Waals surface area contributed by atoms with Gasteiger partial charge in [-0.25, -0.2) is 0 Å². The molecule has 0 aliphatic rings. The highest BCUT2D eigenvalue weighted by molar-refractivity contribution is 5.96. The highest BCUT2D eigenvalue weighted by Gasteiger charge is 2.07. The third-order valence-electron chi connectivity index (χ3n) is 2.07. The molecule has 0 fully saturated rings. The van der Waals surface area contributed by atoms with Crippen LogP contribution in [0.4, 0.5) is 5.69 Å². The Labute approximate surface area is 104 Å². The molecule has 0 radical (unpaired) electrons. The Kier molecular flexibility index (Phi) is 4.86. The molecule has 6 heteroatoms. The molecule has 0 bridgehead atoms. The summed E-state index contributed by atoms with van der Waals surface area (Å²) in [7, 11) is 0.